The molecule has 3 heteroatoms. The Labute approximate surface area is 255 Å². The number of fused-ring (bicyclic) bond motifs is 4. The van der Waals surface area contributed by atoms with Gasteiger partial charge in [0.2, 0.25) is 0 Å². The van der Waals surface area contributed by atoms with Crippen LogP contribution in [0.25, 0.3) is 59.4 Å². The number of aromatic nitrogens is 2. The van der Waals surface area contributed by atoms with Gasteiger partial charge in [-0.25, -0.2) is 4.98 Å². The molecule has 208 valence electrons. The Morgan fingerprint density at radius 2 is 1.43 bits per heavy atom. The molecular weight excluding hydrogens is 529 g/mol. The first-order valence-electron chi connectivity index (χ1n) is 15.6. The molecule has 0 N–H and O–H groups in total. The molecule has 2 aromatic heterocycles. The van der Waals surface area contributed by atoms with E-state index in [1.807, 2.05) is 69.4 Å². The van der Waals surface area contributed by atoms with Crippen molar-refractivity contribution in [3.8, 4) is 28.2 Å². The van der Waals surface area contributed by atoms with E-state index in [9.17, 15) is 2.74 Å². The minimum absolute atomic E-state index is 0.836. The fourth-order valence-electron chi connectivity index (χ4n) is 6.20. The van der Waals surface area contributed by atoms with Gasteiger partial charge in [-0.1, -0.05) is 87.9 Å². The van der Waals surface area contributed by atoms with Crippen molar-refractivity contribution >= 4 is 42.5 Å². The Balaban J connectivity index is 1.64. The van der Waals surface area contributed by atoms with Crippen LogP contribution in [0.3, 0.4) is 0 Å². The highest BCUT2D eigenvalue weighted by atomic mass is 32.1. The molecule has 42 heavy (non-hydrogen) atoms. The number of benzene rings is 5. The number of imidazole rings is 1. The van der Waals surface area contributed by atoms with Crippen molar-refractivity contribution in [2.45, 2.75) is 53.3 Å². The lowest BCUT2D eigenvalue weighted by Crippen LogP contribution is -2.09. The normalized spacial score (nSPS) is 13.2. The molecule has 2 heterocycles. The standard InChI is InChI=1S/C39H36N2S/c1-23(2)30-21-28(27-12-8-7-9-13-27)22-31(24(3)4)37(30)41-34-15-11-10-14-33(34)40-39(41)29-18-17-26(6)36-32-20-25(5)16-19-35(32)42-38(29)36/h7-24H,1-6H3/i23D,24D. The summed E-state index contributed by atoms with van der Waals surface area (Å²) in [5.74, 6) is -1.05. The van der Waals surface area contributed by atoms with Crippen molar-refractivity contribution in [3.63, 3.8) is 0 Å². The van der Waals surface area contributed by atoms with Crippen molar-refractivity contribution in [2.24, 2.45) is 0 Å². The van der Waals surface area contributed by atoms with Gasteiger partial charge in [0.25, 0.3) is 0 Å². The predicted octanol–water partition coefficient (Wildman–Crippen LogP) is 11.6. The molecule has 7 aromatic rings. The molecule has 0 amide bonds. The SMILES string of the molecule is [2H]C(C)(C)c1cc(-c2ccccc2)cc(C([2H])(C)C)c1-n1c(-c2ccc(C)c3c2sc2ccc(C)cc23)nc2ccccc21. The molecule has 0 aliphatic rings. The maximum absolute atomic E-state index is 9.42. The summed E-state index contributed by atoms with van der Waals surface area (Å²) >= 11 is 1.81. The maximum Gasteiger partial charge on any atom is 0.147 e. The molecular formula is C39H36N2S. The lowest BCUT2D eigenvalue weighted by atomic mass is 9.88. The van der Waals surface area contributed by atoms with Crippen LogP contribution in [-0.2, 0) is 0 Å². The first-order valence-corrected chi connectivity index (χ1v) is 15.4. The third-order valence-corrected chi connectivity index (χ3v) is 9.51. The Bertz CT molecular complexity index is 2170. The summed E-state index contributed by atoms with van der Waals surface area (Å²) in [6.45, 7) is 12.1. The molecule has 0 aliphatic heterocycles. The quantitative estimate of drug-likeness (QED) is 0.203. The largest absolute Gasteiger partial charge is 0.292 e. The summed E-state index contributed by atoms with van der Waals surface area (Å²) in [4.78, 5) is 5.30. The summed E-state index contributed by atoms with van der Waals surface area (Å²) in [6, 6.07) is 33.9. The molecule has 2 nitrogen and oxygen atoms in total. The van der Waals surface area contributed by atoms with Crippen molar-refractivity contribution in [1.82, 2.24) is 9.55 Å². The van der Waals surface area contributed by atoms with Crippen LogP contribution in [-0.4, -0.2) is 9.55 Å². The second kappa shape index (κ2) is 10.3. The minimum atomic E-state index is -0.944. The lowest BCUT2D eigenvalue weighted by Gasteiger charge is -2.24. The van der Waals surface area contributed by atoms with E-state index in [0.29, 0.717) is 0 Å². The van der Waals surface area contributed by atoms with Gasteiger partial charge in [0.15, 0.2) is 0 Å². The zero-order chi connectivity index (χ0) is 31.0. The number of thiophene rings is 1. The lowest BCUT2D eigenvalue weighted by molar-refractivity contribution is 0.812. The molecule has 0 saturated heterocycles. The number of aryl methyl sites for hydroxylation is 2. The Hall–Kier alpha value is -4.21. The van der Waals surface area contributed by atoms with Gasteiger partial charge in [0, 0.05) is 28.5 Å². The van der Waals surface area contributed by atoms with E-state index in [1.165, 1.54) is 31.3 Å². The van der Waals surface area contributed by atoms with Crippen molar-refractivity contribution in [1.29, 1.82) is 0 Å². The average molecular weight is 567 g/mol. The number of hydrogen-bond donors (Lipinski definition) is 0. The van der Waals surface area contributed by atoms with Crippen LogP contribution >= 0.6 is 11.3 Å². The number of para-hydroxylation sites is 2. The molecule has 0 unspecified atom stereocenters. The summed E-state index contributed by atoms with van der Waals surface area (Å²) in [5, 5.41) is 2.55. The molecule has 0 fully saturated rings. The van der Waals surface area contributed by atoms with Crippen LogP contribution in [0.1, 0.15) is 64.5 Å². The highest BCUT2D eigenvalue weighted by molar-refractivity contribution is 7.26. The second-order valence-electron chi connectivity index (χ2n) is 11.8. The van der Waals surface area contributed by atoms with Crippen LogP contribution in [0.4, 0.5) is 0 Å². The molecule has 0 bridgehead atoms. The monoisotopic (exact) mass is 566 g/mol. The van der Waals surface area contributed by atoms with Gasteiger partial charge in [-0.2, -0.15) is 0 Å². The van der Waals surface area contributed by atoms with Crippen LogP contribution in [0.2, 0.25) is 0 Å². The molecule has 0 spiro atoms. The van der Waals surface area contributed by atoms with Crippen molar-refractivity contribution in [2.75, 3.05) is 0 Å². The fourth-order valence-corrected chi connectivity index (χ4v) is 7.47. The average Bonchev–Trinajstić information content (AvgIpc) is 3.55. The van der Waals surface area contributed by atoms with E-state index >= 15 is 0 Å². The van der Waals surface area contributed by atoms with Crippen LogP contribution < -0.4 is 0 Å². The van der Waals surface area contributed by atoms with Crippen LogP contribution in [0.5, 0.6) is 0 Å². The molecule has 5 aromatic carbocycles. The number of rotatable bonds is 5. The number of hydrogen-bond acceptors (Lipinski definition) is 2. The summed E-state index contributed by atoms with van der Waals surface area (Å²) in [5.41, 5.74) is 10.1. The summed E-state index contributed by atoms with van der Waals surface area (Å²) < 4.78 is 23.5. The smallest absolute Gasteiger partial charge is 0.147 e. The highest BCUT2D eigenvalue weighted by Gasteiger charge is 2.25. The van der Waals surface area contributed by atoms with Gasteiger partial charge in [0.1, 0.15) is 5.82 Å². The van der Waals surface area contributed by atoms with Gasteiger partial charge in [-0.05, 0) is 95.9 Å². The van der Waals surface area contributed by atoms with E-state index < -0.39 is 11.8 Å². The van der Waals surface area contributed by atoms with Gasteiger partial charge in [-0.15, -0.1) is 11.3 Å². The van der Waals surface area contributed by atoms with E-state index in [2.05, 4.69) is 85.1 Å². The second-order valence-corrected chi connectivity index (χ2v) is 12.8. The van der Waals surface area contributed by atoms with E-state index in [0.717, 1.165) is 50.4 Å². The van der Waals surface area contributed by atoms with Gasteiger partial charge in [0.05, 0.1) is 16.7 Å². The Morgan fingerprint density at radius 3 is 2.14 bits per heavy atom. The van der Waals surface area contributed by atoms with E-state index in [4.69, 9.17) is 4.98 Å². The predicted molar refractivity (Wildman–Crippen MR) is 182 cm³/mol. The molecule has 0 aliphatic carbocycles. The van der Waals surface area contributed by atoms with Gasteiger partial charge in [-0.3, -0.25) is 4.57 Å². The zero-order valence-corrected chi connectivity index (χ0v) is 25.9. The maximum atomic E-state index is 9.42. The zero-order valence-electron chi connectivity index (χ0n) is 27.0. The first kappa shape index (κ1) is 24.4. The molecule has 0 radical (unpaired) electrons. The topological polar surface area (TPSA) is 17.8 Å². The van der Waals surface area contributed by atoms with Gasteiger partial charge >= 0.3 is 0 Å². The first-order chi connectivity index (χ1) is 20.9. The fraction of sp³-hybridized carbons (Fsp3) is 0.205. The van der Waals surface area contributed by atoms with Crippen LogP contribution in [0, 0.1) is 13.8 Å². The van der Waals surface area contributed by atoms with E-state index in [-0.39, 0.29) is 0 Å². The molecule has 0 atom stereocenters. The molecule has 0 saturated carbocycles. The Morgan fingerprint density at radius 1 is 0.738 bits per heavy atom. The van der Waals surface area contributed by atoms with Crippen molar-refractivity contribution in [3.05, 3.63) is 119 Å². The number of nitrogens with zero attached hydrogens (tertiary/aromatic N) is 2. The van der Waals surface area contributed by atoms with Gasteiger partial charge < -0.3 is 0 Å². The molecule has 7 rings (SSSR count). The summed E-state index contributed by atoms with van der Waals surface area (Å²) in [6.07, 6.45) is 0. The van der Waals surface area contributed by atoms with E-state index in [1.54, 1.807) is 0 Å². The third-order valence-electron chi connectivity index (χ3n) is 8.30. The van der Waals surface area contributed by atoms with Crippen molar-refractivity contribution < 1.29 is 2.74 Å². The third kappa shape index (κ3) is 4.26. The minimum Gasteiger partial charge on any atom is -0.292 e. The Kier molecular flexibility index (Phi) is 5.96. The summed E-state index contributed by atoms with van der Waals surface area (Å²) in [7, 11) is 0. The highest BCUT2D eigenvalue weighted by Crippen LogP contribution is 2.45. The van der Waals surface area contributed by atoms with Crippen LogP contribution in [0.15, 0.2) is 97.1 Å².